The number of rotatable bonds is 8. The minimum Gasteiger partial charge on any atom is -0.480 e. The number of para-hydroxylation sites is 1. The van der Waals surface area contributed by atoms with Crippen molar-refractivity contribution in [3.05, 3.63) is 48.3 Å². The number of carboxylic acids is 1. The van der Waals surface area contributed by atoms with Crippen LogP contribution in [0.25, 0.3) is 5.69 Å². The van der Waals surface area contributed by atoms with Crippen LogP contribution in [0.5, 0.6) is 0 Å². The summed E-state index contributed by atoms with van der Waals surface area (Å²) in [6, 6.07) is 11.2. The average Bonchev–Trinajstić information content (AvgIpc) is 2.97. The molecule has 0 bridgehead atoms. The van der Waals surface area contributed by atoms with Crippen LogP contribution < -0.4 is 5.32 Å². The van der Waals surface area contributed by atoms with Gasteiger partial charge in [0, 0.05) is 12.7 Å². The van der Waals surface area contributed by atoms with Crippen LogP contribution in [0.4, 0.5) is 0 Å². The lowest BCUT2D eigenvalue weighted by Gasteiger charge is -2.12. The second kappa shape index (κ2) is 7.59. The minimum absolute atomic E-state index is 0.459. The molecule has 2 N–H and O–H groups in total. The highest BCUT2D eigenvalue weighted by atomic mass is 16.4. The normalized spacial score (nSPS) is 12.2. The van der Waals surface area contributed by atoms with E-state index in [1.54, 1.807) is 4.68 Å². The van der Waals surface area contributed by atoms with Crippen molar-refractivity contribution in [2.24, 2.45) is 0 Å². The molecule has 21 heavy (non-hydrogen) atoms. The maximum absolute atomic E-state index is 11.2. The molecule has 0 aliphatic rings. The molecule has 0 radical (unpaired) electrons. The molecule has 1 heterocycles. The first-order chi connectivity index (χ1) is 10.2. The van der Waals surface area contributed by atoms with Crippen LogP contribution in [0.2, 0.25) is 0 Å². The lowest BCUT2D eigenvalue weighted by atomic mass is 10.1. The van der Waals surface area contributed by atoms with Gasteiger partial charge in [-0.05, 0) is 24.6 Å². The summed E-state index contributed by atoms with van der Waals surface area (Å²) in [5.41, 5.74) is 1.83. The van der Waals surface area contributed by atoms with E-state index < -0.39 is 12.0 Å². The first-order valence-corrected chi connectivity index (χ1v) is 7.27. The molecule has 1 aromatic heterocycles. The third kappa shape index (κ3) is 4.43. The number of aliphatic carboxylic acids is 1. The van der Waals surface area contributed by atoms with Crippen molar-refractivity contribution in [2.45, 2.75) is 38.8 Å². The number of benzene rings is 1. The SMILES string of the molecule is CCCC[C@H](NCc1ccn(-c2ccccc2)n1)C(=O)O. The zero-order chi connectivity index (χ0) is 15.1. The Hall–Kier alpha value is -2.14. The smallest absolute Gasteiger partial charge is 0.320 e. The molecule has 0 aliphatic carbocycles. The molecular weight excluding hydrogens is 266 g/mol. The van der Waals surface area contributed by atoms with Crippen molar-refractivity contribution in [2.75, 3.05) is 0 Å². The Bertz CT molecular complexity index is 566. The van der Waals surface area contributed by atoms with Gasteiger partial charge in [0.1, 0.15) is 6.04 Å². The molecule has 5 nitrogen and oxygen atoms in total. The number of hydrogen-bond acceptors (Lipinski definition) is 3. The zero-order valence-corrected chi connectivity index (χ0v) is 12.2. The third-order valence-corrected chi connectivity index (χ3v) is 3.34. The summed E-state index contributed by atoms with van der Waals surface area (Å²) < 4.78 is 1.79. The summed E-state index contributed by atoms with van der Waals surface area (Å²) in [7, 11) is 0. The van der Waals surface area contributed by atoms with Crippen LogP contribution in [0.3, 0.4) is 0 Å². The Kier molecular flexibility index (Phi) is 5.51. The van der Waals surface area contributed by atoms with Gasteiger partial charge < -0.3 is 5.11 Å². The van der Waals surface area contributed by atoms with E-state index in [1.165, 1.54) is 0 Å². The lowest BCUT2D eigenvalue weighted by molar-refractivity contribution is -0.139. The average molecular weight is 287 g/mol. The molecule has 0 unspecified atom stereocenters. The molecule has 0 amide bonds. The molecule has 112 valence electrons. The highest BCUT2D eigenvalue weighted by Crippen LogP contribution is 2.07. The summed E-state index contributed by atoms with van der Waals surface area (Å²) in [6.45, 7) is 2.51. The summed E-state index contributed by atoms with van der Waals surface area (Å²) in [5, 5.41) is 16.7. The zero-order valence-electron chi connectivity index (χ0n) is 12.2. The van der Waals surface area contributed by atoms with Gasteiger partial charge in [-0.2, -0.15) is 5.10 Å². The van der Waals surface area contributed by atoms with Gasteiger partial charge in [0.2, 0.25) is 0 Å². The number of nitrogens with zero attached hydrogens (tertiary/aromatic N) is 2. The Labute approximate surface area is 124 Å². The Morgan fingerprint density at radius 1 is 1.33 bits per heavy atom. The van der Waals surface area contributed by atoms with E-state index >= 15 is 0 Å². The number of aromatic nitrogens is 2. The number of unbranched alkanes of at least 4 members (excludes halogenated alkanes) is 1. The van der Waals surface area contributed by atoms with E-state index in [1.807, 2.05) is 42.6 Å². The molecule has 0 fully saturated rings. The Balaban J connectivity index is 1.94. The van der Waals surface area contributed by atoms with Gasteiger partial charge in [0.05, 0.1) is 11.4 Å². The van der Waals surface area contributed by atoms with Gasteiger partial charge in [-0.25, -0.2) is 4.68 Å². The standard InChI is InChI=1S/C16H21N3O2/c1-2-3-9-15(16(20)21)17-12-13-10-11-19(18-13)14-7-5-4-6-8-14/h4-8,10-11,15,17H,2-3,9,12H2,1H3,(H,20,21)/t15-/m0/s1. The molecule has 1 atom stereocenters. The van der Waals surface area contributed by atoms with Crippen LogP contribution in [-0.4, -0.2) is 26.9 Å². The monoisotopic (exact) mass is 287 g/mol. The maximum Gasteiger partial charge on any atom is 0.320 e. The molecular formula is C16H21N3O2. The van der Waals surface area contributed by atoms with Crippen molar-refractivity contribution >= 4 is 5.97 Å². The van der Waals surface area contributed by atoms with Crippen molar-refractivity contribution in [1.82, 2.24) is 15.1 Å². The predicted molar refractivity (Wildman–Crippen MR) is 81.4 cm³/mol. The number of carboxylic acid groups (broad SMARTS) is 1. The number of hydrogen-bond donors (Lipinski definition) is 2. The van der Waals surface area contributed by atoms with Crippen molar-refractivity contribution in [3.8, 4) is 5.69 Å². The number of nitrogens with one attached hydrogen (secondary N) is 1. The second-order valence-electron chi connectivity index (χ2n) is 5.00. The van der Waals surface area contributed by atoms with Gasteiger partial charge in [0.15, 0.2) is 0 Å². The fourth-order valence-corrected chi connectivity index (χ4v) is 2.13. The summed E-state index contributed by atoms with van der Waals surface area (Å²) in [5.74, 6) is -0.800. The molecule has 1 aromatic carbocycles. The molecule has 2 rings (SSSR count). The summed E-state index contributed by atoms with van der Waals surface area (Å²) >= 11 is 0. The van der Waals surface area contributed by atoms with Crippen LogP contribution in [0.15, 0.2) is 42.6 Å². The van der Waals surface area contributed by atoms with Gasteiger partial charge in [-0.1, -0.05) is 38.0 Å². The third-order valence-electron chi connectivity index (χ3n) is 3.34. The van der Waals surface area contributed by atoms with Crippen molar-refractivity contribution < 1.29 is 9.90 Å². The Morgan fingerprint density at radius 3 is 2.76 bits per heavy atom. The van der Waals surface area contributed by atoms with E-state index in [9.17, 15) is 9.90 Å². The minimum atomic E-state index is -0.800. The van der Waals surface area contributed by atoms with Crippen LogP contribution in [0.1, 0.15) is 31.9 Å². The van der Waals surface area contributed by atoms with E-state index in [2.05, 4.69) is 17.3 Å². The first-order valence-electron chi connectivity index (χ1n) is 7.27. The molecule has 0 saturated heterocycles. The van der Waals surface area contributed by atoms with E-state index in [-0.39, 0.29) is 0 Å². The topological polar surface area (TPSA) is 67.2 Å². The van der Waals surface area contributed by atoms with Crippen LogP contribution in [0, 0.1) is 0 Å². The molecule has 0 aliphatic heterocycles. The maximum atomic E-state index is 11.2. The second-order valence-corrected chi connectivity index (χ2v) is 5.00. The van der Waals surface area contributed by atoms with Gasteiger partial charge in [-0.15, -0.1) is 0 Å². The molecule has 0 saturated carbocycles. The van der Waals surface area contributed by atoms with E-state index in [4.69, 9.17) is 0 Å². The fourth-order valence-electron chi connectivity index (χ4n) is 2.13. The van der Waals surface area contributed by atoms with Gasteiger partial charge in [0.25, 0.3) is 0 Å². The predicted octanol–water partition coefficient (Wildman–Crippen LogP) is 2.61. The summed E-state index contributed by atoms with van der Waals surface area (Å²) in [6.07, 6.45) is 4.43. The van der Waals surface area contributed by atoms with Crippen LogP contribution in [-0.2, 0) is 11.3 Å². The first kappa shape index (κ1) is 15.3. The largest absolute Gasteiger partial charge is 0.480 e. The van der Waals surface area contributed by atoms with Gasteiger partial charge >= 0.3 is 5.97 Å². The van der Waals surface area contributed by atoms with E-state index in [0.29, 0.717) is 13.0 Å². The summed E-state index contributed by atoms with van der Waals surface area (Å²) in [4.78, 5) is 11.2. The van der Waals surface area contributed by atoms with Crippen molar-refractivity contribution in [3.63, 3.8) is 0 Å². The molecule has 0 spiro atoms. The fraction of sp³-hybridized carbons (Fsp3) is 0.375. The van der Waals surface area contributed by atoms with E-state index in [0.717, 1.165) is 24.2 Å². The van der Waals surface area contributed by atoms with Crippen LogP contribution >= 0.6 is 0 Å². The molecule has 5 heteroatoms. The molecule has 2 aromatic rings. The highest BCUT2D eigenvalue weighted by molar-refractivity contribution is 5.73. The lowest BCUT2D eigenvalue weighted by Crippen LogP contribution is -2.36. The van der Waals surface area contributed by atoms with Crippen molar-refractivity contribution in [1.29, 1.82) is 0 Å². The Morgan fingerprint density at radius 2 is 2.10 bits per heavy atom. The quantitative estimate of drug-likeness (QED) is 0.783. The highest BCUT2D eigenvalue weighted by Gasteiger charge is 2.16. The van der Waals surface area contributed by atoms with Gasteiger partial charge in [-0.3, -0.25) is 10.1 Å². The number of carbonyl (C=O) groups is 1.